The van der Waals surface area contributed by atoms with Gasteiger partial charge in [-0.1, -0.05) is 65.2 Å². The third-order valence-corrected chi connectivity index (χ3v) is 3.89. The maximum atomic E-state index is 4.53. The Morgan fingerprint density at radius 1 is 0.947 bits per heavy atom. The van der Waals surface area contributed by atoms with Crippen LogP contribution in [0.5, 0.6) is 0 Å². The van der Waals surface area contributed by atoms with E-state index in [1.807, 2.05) is 6.20 Å². The highest BCUT2D eigenvalue weighted by atomic mass is 15.3. The Kier molecular flexibility index (Phi) is 8.61. The third-order valence-electron chi connectivity index (χ3n) is 3.89. The number of hydrogen-bond acceptors (Lipinski definition) is 1. The van der Waals surface area contributed by atoms with Crippen LogP contribution >= 0.6 is 0 Å². The molecule has 0 N–H and O–H groups in total. The maximum Gasteiger partial charge on any atom is 0.0519 e. The number of rotatable bonds is 11. The second-order valence-corrected chi connectivity index (χ2v) is 5.85. The van der Waals surface area contributed by atoms with Crippen LogP contribution in [-0.2, 0) is 0 Å². The zero-order valence-corrected chi connectivity index (χ0v) is 13.2. The zero-order valence-electron chi connectivity index (χ0n) is 13.2. The molecule has 0 aliphatic heterocycles. The van der Waals surface area contributed by atoms with Crippen molar-refractivity contribution in [2.24, 2.45) is 0 Å². The Balaban J connectivity index is 2.36. The fraction of sp³-hybridized carbons (Fsp3) is 0.824. The minimum absolute atomic E-state index is 0.627. The van der Waals surface area contributed by atoms with E-state index in [-0.39, 0.29) is 0 Å². The van der Waals surface area contributed by atoms with E-state index in [1.54, 1.807) is 0 Å². The first-order valence-corrected chi connectivity index (χ1v) is 8.28. The summed E-state index contributed by atoms with van der Waals surface area (Å²) >= 11 is 0. The summed E-state index contributed by atoms with van der Waals surface area (Å²) < 4.78 is 2.21. The molecule has 0 saturated carbocycles. The molecule has 1 heterocycles. The summed E-state index contributed by atoms with van der Waals surface area (Å²) in [6.45, 7) is 6.69. The summed E-state index contributed by atoms with van der Waals surface area (Å²) in [6.07, 6.45) is 17.7. The summed E-state index contributed by atoms with van der Waals surface area (Å²) in [5.74, 6) is 0. The van der Waals surface area contributed by atoms with Crippen LogP contribution in [0.4, 0.5) is 0 Å². The van der Waals surface area contributed by atoms with E-state index in [4.69, 9.17) is 0 Å². The van der Waals surface area contributed by atoms with E-state index in [0.29, 0.717) is 6.04 Å². The smallest absolute Gasteiger partial charge is 0.0519 e. The molecule has 2 nitrogen and oxygen atoms in total. The van der Waals surface area contributed by atoms with Gasteiger partial charge in [-0.15, -0.1) is 0 Å². The Morgan fingerprint density at radius 2 is 1.53 bits per heavy atom. The maximum absolute atomic E-state index is 4.53. The van der Waals surface area contributed by atoms with Gasteiger partial charge in [-0.2, -0.15) is 5.10 Å². The first-order valence-electron chi connectivity index (χ1n) is 8.28. The molecule has 0 aliphatic rings. The third kappa shape index (κ3) is 6.79. The van der Waals surface area contributed by atoms with Crippen molar-refractivity contribution in [2.75, 3.05) is 0 Å². The Labute approximate surface area is 119 Å². The number of nitrogens with zero attached hydrogens (tertiary/aromatic N) is 2. The minimum Gasteiger partial charge on any atom is -0.269 e. The molecule has 0 spiro atoms. The van der Waals surface area contributed by atoms with Crippen molar-refractivity contribution >= 4 is 0 Å². The monoisotopic (exact) mass is 264 g/mol. The van der Waals surface area contributed by atoms with Gasteiger partial charge in [-0.3, -0.25) is 4.68 Å². The minimum atomic E-state index is 0.627. The van der Waals surface area contributed by atoms with Crippen molar-refractivity contribution < 1.29 is 0 Å². The highest BCUT2D eigenvalue weighted by molar-refractivity contribution is 5.00. The SMILES string of the molecule is CCCCCCCC(CCCCC)n1cc(C)cn1. The van der Waals surface area contributed by atoms with Gasteiger partial charge in [-0.25, -0.2) is 0 Å². The van der Waals surface area contributed by atoms with Gasteiger partial charge in [0.2, 0.25) is 0 Å². The fourth-order valence-corrected chi connectivity index (χ4v) is 2.66. The fourth-order valence-electron chi connectivity index (χ4n) is 2.66. The van der Waals surface area contributed by atoms with Crippen molar-refractivity contribution in [3.63, 3.8) is 0 Å². The van der Waals surface area contributed by atoms with E-state index in [9.17, 15) is 0 Å². The number of unbranched alkanes of at least 4 members (excludes halogenated alkanes) is 6. The van der Waals surface area contributed by atoms with Gasteiger partial charge in [0.25, 0.3) is 0 Å². The average molecular weight is 264 g/mol. The lowest BCUT2D eigenvalue weighted by molar-refractivity contribution is 0.369. The molecule has 0 radical (unpaired) electrons. The molecule has 0 fully saturated rings. The van der Waals surface area contributed by atoms with Crippen LogP contribution in [0.2, 0.25) is 0 Å². The van der Waals surface area contributed by atoms with Gasteiger partial charge < -0.3 is 0 Å². The van der Waals surface area contributed by atoms with Crippen LogP contribution in [-0.4, -0.2) is 9.78 Å². The zero-order chi connectivity index (χ0) is 13.9. The molecular weight excluding hydrogens is 232 g/mol. The summed E-state index contributed by atoms with van der Waals surface area (Å²) in [5.41, 5.74) is 1.28. The molecule has 1 aromatic rings. The molecular formula is C17H32N2. The van der Waals surface area contributed by atoms with E-state index < -0.39 is 0 Å². The molecule has 0 aliphatic carbocycles. The summed E-state index contributed by atoms with van der Waals surface area (Å²) in [5, 5.41) is 4.53. The summed E-state index contributed by atoms with van der Waals surface area (Å²) in [7, 11) is 0. The highest BCUT2D eigenvalue weighted by Crippen LogP contribution is 2.22. The first-order chi connectivity index (χ1) is 9.27. The van der Waals surface area contributed by atoms with Crippen LogP contribution in [0.1, 0.15) is 89.7 Å². The van der Waals surface area contributed by atoms with Crippen molar-refractivity contribution in [1.82, 2.24) is 9.78 Å². The number of aromatic nitrogens is 2. The largest absolute Gasteiger partial charge is 0.269 e. The molecule has 1 unspecified atom stereocenters. The van der Waals surface area contributed by atoms with Crippen LogP contribution in [0.3, 0.4) is 0 Å². The lowest BCUT2D eigenvalue weighted by Gasteiger charge is -2.17. The Hall–Kier alpha value is -0.790. The number of aryl methyl sites for hydroxylation is 1. The molecule has 110 valence electrons. The van der Waals surface area contributed by atoms with Crippen molar-refractivity contribution in [1.29, 1.82) is 0 Å². The van der Waals surface area contributed by atoms with Gasteiger partial charge in [0.1, 0.15) is 0 Å². The van der Waals surface area contributed by atoms with Gasteiger partial charge in [0.05, 0.1) is 12.2 Å². The molecule has 0 saturated heterocycles. The standard InChI is InChI=1S/C17H32N2/c1-4-6-8-9-11-13-17(12-10-7-5-2)19-15-16(3)14-18-19/h14-15,17H,4-13H2,1-3H3. The second kappa shape index (κ2) is 10.1. The van der Waals surface area contributed by atoms with Crippen molar-refractivity contribution in [2.45, 2.75) is 91.0 Å². The summed E-state index contributed by atoms with van der Waals surface area (Å²) in [4.78, 5) is 0. The molecule has 0 aromatic carbocycles. The average Bonchev–Trinajstić information content (AvgIpc) is 2.83. The van der Waals surface area contributed by atoms with Gasteiger partial charge in [-0.05, 0) is 25.3 Å². The molecule has 2 heteroatoms. The molecule has 1 rings (SSSR count). The van der Waals surface area contributed by atoms with E-state index in [0.717, 1.165) is 0 Å². The molecule has 0 amide bonds. The van der Waals surface area contributed by atoms with Gasteiger partial charge >= 0.3 is 0 Å². The van der Waals surface area contributed by atoms with E-state index in [2.05, 4.69) is 36.7 Å². The second-order valence-electron chi connectivity index (χ2n) is 5.85. The van der Waals surface area contributed by atoms with Crippen LogP contribution in [0, 0.1) is 6.92 Å². The predicted octanol–water partition coefficient (Wildman–Crippen LogP) is 5.67. The van der Waals surface area contributed by atoms with Crippen molar-refractivity contribution in [3.05, 3.63) is 18.0 Å². The molecule has 0 bridgehead atoms. The van der Waals surface area contributed by atoms with Crippen LogP contribution in [0.15, 0.2) is 12.4 Å². The topological polar surface area (TPSA) is 17.8 Å². The number of hydrogen-bond donors (Lipinski definition) is 0. The van der Waals surface area contributed by atoms with Crippen LogP contribution < -0.4 is 0 Å². The predicted molar refractivity (Wildman–Crippen MR) is 83.5 cm³/mol. The van der Waals surface area contributed by atoms with E-state index >= 15 is 0 Å². The van der Waals surface area contributed by atoms with Crippen molar-refractivity contribution in [3.8, 4) is 0 Å². The van der Waals surface area contributed by atoms with Gasteiger partial charge in [0.15, 0.2) is 0 Å². The molecule has 1 atom stereocenters. The van der Waals surface area contributed by atoms with E-state index in [1.165, 1.54) is 69.8 Å². The highest BCUT2D eigenvalue weighted by Gasteiger charge is 2.11. The van der Waals surface area contributed by atoms with Gasteiger partial charge in [0, 0.05) is 6.20 Å². The molecule has 19 heavy (non-hydrogen) atoms. The lowest BCUT2D eigenvalue weighted by Crippen LogP contribution is -2.10. The molecule has 1 aromatic heterocycles. The first kappa shape index (κ1) is 16.3. The Bertz CT molecular complexity index is 317. The lowest BCUT2D eigenvalue weighted by atomic mass is 10.0. The summed E-state index contributed by atoms with van der Waals surface area (Å²) in [6, 6.07) is 0.627. The van der Waals surface area contributed by atoms with Crippen LogP contribution in [0.25, 0.3) is 0 Å². The normalized spacial score (nSPS) is 12.8. The Morgan fingerprint density at radius 3 is 2.11 bits per heavy atom. The quantitative estimate of drug-likeness (QED) is 0.471.